The largest absolute Gasteiger partial charge is 0.380 e. The minimum atomic E-state index is -0.346. The van der Waals surface area contributed by atoms with Crippen molar-refractivity contribution in [3.63, 3.8) is 0 Å². The molecule has 0 saturated carbocycles. The van der Waals surface area contributed by atoms with Gasteiger partial charge < -0.3 is 5.32 Å². The summed E-state index contributed by atoms with van der Waals surface area (Å²) in [5.74, 6) is 0. The lowest BCUT2D eigenvalue weighted by Gasteiger charge is -2.22. The highest BCUT2D eigenvalue weighted by molar-refractivity contribution is 5.51. The van der Waals surface area contributed by atoms with E-state index in [9.17, 15) is 10.1 Å². The maximum Gasteiger partial charge on any atom is 0.271 e. The van der Waals surface area contributed by atoms with Crippen LogP contribution in [0.1, 0.15) is 19.3 Å². The van der Waals surface area contributed by atoms with Crippen LogP contribution in [-0.4, -0.2) is 35.0 Å². The molecule has 3 rings (SSSR count). The molecular weight excluding hydrogens is 230 g/mol. The highest BCUT2D eigenvalue weighted by atomic mass is 16.6. The molecule has 0 amide bonds. The van der Waals surface area contributed by atoms with Crippen molar-refractivity contribution in [1.82, 2.24) is 4.90 Å². The van der Waals surface area contributed by atoms with Crippen LogP contribution in [-0.2, 0) is 0 Å². The predicted molar refractivity (Wildman–Crippen MR) is 69.7 cm³/mol. The van der Waals surface area contributed by atoms with Gasteiger partial charge in [-0.15, -0.1) is 0 Å². The van der Waals surface area contributed by atoms with Crippen LogP contribution < -0.4 is 5.32 Å². The van der Waals surface area contributed by atoms with Gasteiger partial charge in [0, 0.05) is 36.4 Å². The quantitative estimate of drug-likeness (QED) is 0.657. The average Bonchev–Trinajstić information content (AvgIpc) is 2.94. The first-order chi connectivity index (χ1) is 8.74. The average molecular weight is 247 g/mol. The van der Waals surface area contributed by atoms with E-state index in [1.807, 2.05) is 6.07 Å². The predicted octanol–water partition coefficient (Wildman–Crippen LogP) is 2.24. The summed E-state index contributed by atoms with van der Waals surface area (Å²) >= 11 is 0. The lowest BCUT2D eigenvalue weighted by atomic mass is 10.1. The lowest BCUT2D eigenvalue weighted by Crippen LogP contribution is -2.33. The number of hydrogen-bond acceptors (Lipinski definition) is 4. The zero-order chi connectivity index (χ0) is 12.5. The van der Waals surface area contributed by atoms with Gasteiger partial charge in [0.15, 0.2) is 0 Å². The Balaban J connectivity index is 1.72. The van der Waals surface area contributed by atoms with E-state index >= 15 is 0 Å². The zero-order valence-electron chi connectivity index (χ0n) is 10.2. The number of nitro groups is 1. The summed E-state index contributed by atoms with van der Waals surface area (Å²) in [5, 5.41) is 14.2. The maximum atomic E-state index is 10.7. The van der Waals surface area contributed by atoms with Crippen molar-refractivity contribution >= 4 is 11.4 Å². The van der Waals surface area contributed by atoms with E-state index in [2.05, 4.69) is 10.2 Å². The van der Waals surface area contributed by atoms with Crippen LogP contribution in [0.25, 0.3) is 0 Å². The van der Waals surface area contributed by atoms with Gasteiger partial charge in [0.1, 0.15) is 0 Å². The standard InChI is InChI=1S/C13H17N3O2/c17-16(18)11-4-1-3-10(9-11)14-12-6-8-15-7-2-5-13(12)15/h1,3-4,9,12-14H,2,5-8H2. The number of non-ortho nitro benzene ring substituents is 1. The number of rotatable bonds is 3. The molecule has 2 aliphatic heterocycles. The molecule has 0 aromatic heterocycles. The van der Waals surface area contributed by atoms with E-state index in [1.54, 1.807) is 12.1 Å². The fourth-order valence-electron chi connectivity index (χ4n) is 3.17. The molecule has 2 unspecified atom stereocenters. The Hall–Kier alpha value is -1.62. The van der Waals surface area contributed by atoms with Gasteiger partial charge in [-0.25, -0.2) is 0 Å². The van der Waals surface area contributed by atoms with E-state index < -0.39 is 0 Å². The first-order valence-electron chi connectivity index (χ1n) is 6.49. The van der Waals surface area contributed by atoms with E-state index in [0.29, 0.717) is 12.1 Å². The molecule has 2 heterocycles. The van der Waals surface area contributed by atoms with Crippen molar-refractivity contribution in [2.24, 2.45) is 0 Å². The topological polar surface area (TPSA) is 58.4 Å². The maximum absolute atomic E-state index is 10.7. The highest BCUT2D eigenvalue weighted by Crippen LogP contribution is 2.30. The monoisotopic (exact) mass is 247 g/mol. The van der Waals surface area contributed by atoms with Crippen molar-refractivity contribution in [3.05, 3.63) is 34.4 Å². The van der Waals surface area contributed by atoms with Gasteiger partial charge in [-0.3, -0.25) is 15.0 Å². The minimum Gasteiger partial charge on any atom is -0.380 e. The van der Waals surface area contributed by atoms with E-state index in [-0.39, 0.29) is 10.6 Å². The molecule has 0 radical (unpaired) electrons. The zero-order valence-corrected chi connectivity index (χ0v) is 10.2. The Morgan fingerprint density at radius 1 is 1.33 bits per heavy atom. The summed E-state index contributed by atoms with van der Waals surface area (Å²) in [4.78, 5) is 12.9. The Morgan fingerprint density at radius 3 is 3.06 bits per heavy atom. The van der Waals surface area contributed by atoms with Gasteiger partial charge in [-0.1, -0.05) is 6.07 Å². The van der Waals surface area contributed by atoms with Crippen molar-refractivity contribution in [2.45, 2.75) is 31.3 Å². The van der Waals surface area contributed by atoms with Crippen LogP contribution >= 0.6 is 0 Å². The molecular formula is C13H17N3O2. The fraction of sp³-hybridized carbons (Fsp3) is 0.538. The fourth-order valence-corrected chi connectivity index (χ4v) is 3.17. The van der Waals surface area contributed by atoms with Crippen molar-refractivity contribution in [2.75, 3.05) is 18.4 Å². The Kier molecular flexibility index (Phi) is 2.91. The number of nitrogens with one attached hydrogen (secondary N) is 1. The van der Waals surface area contributed by atoms with Crippen LogP contribution in [0.15, 0.2) is 24.3 Å². The van der Waals surface area contributed by atoms with Gasteiger partial charge in [-0.2, -0.15) is 0 Å². The molecule has 2 aliphatic rings. The molecule has 2 fully saturated rings. The number of nitro benzene ring substituents is 1. The summed E-state index contributed by atoms with van der Waals surface area (Å²) in [6.45, 7) is 2.36. The summed E-state index contributed by atoms with van der Waals surface area (Å²) in [6.07, 6.45) is 3.65. The van der Waals surface area contributed by atoms with Crippen molar-refractivity contribution in [3.8, 4) is 0 Å². The SMILES string of the molecule is O=[N+]([O-])c1cccc(NC2CCN3CCCC23)c1. The summed E-state index contributed by atoms with van der Waals surface area (Å²) in [6, 6.07) is 7.85. The van der Waals surface area contributed by atoms with Gasteiger partial charge >= 0.3 is 0 Å². The van der Waals surface area contributed by atoms with Crippen LogP contribution in [0, 0.1) is 10.1 Å². The Labute approximate surface area is 106 Å². The molecule has 5 nitrogen and oxygen atoms in total. The third-order valence-electron chi connectivity index (χ3n) is 4.02. The van der Waals surface area contributed by atoms with Crippen LogP contribution in [0.2, 0.25) is 0 Å². The lowest BCUT2D eigenvalue weighted by molar-refractivity contribution is -0.384. The summed E-state index contributed by atoms with van der Waals surface area (Å²) in [5.41, 5.74) is 1.02. The van der Waals surface area contributed by atoms with Crippen LogP contribution in [0.4, 0.5) is 11.4 Å². The van der Waals surface area contributed by atoms with Gasteiger partial charge in [0.05, 0.1) is 4.92 Å². The number of anilines is 1. The molecule has 96 valence electrons. The second-order valence-electron chi connectivity index (χ2n) is 5.09. The first-order valence-corrected chi connectivity index (χ1v) is 6.49. The smallest absolute Gasteiger partial charge is 0.271 e. The third-order valence-corrected chi connectivity index (χ3v) is 4.02. The number of hydrogen-bond donors (Lipinski definition) is 1. The minimum absolute atomic E-state index is 0.154. The van der Waals surface area contributed by atoms with Crippen LogP contribution in [0.5, 0.6) is 0 Å². The molecule has 18 heavy (non-hydrogen) atoms. The molecule has 1 N–H and O–H groups in total. The second kappa shape index (κ2) is 4.57. The molecule has 5 heteroatoms. The molecule has 0 bridgehead atoms. The number of fused-ring (bicyclic) bond motifs is 1. The summed E-state index contributed by atoms with van der Waals surface area (Å²) in [7, 11) is 0. The molecule has 1 aromatic rings. The highest BCUT2D eigenvalue weighted by Gasteiger charge is 2.36. The number of benzene rings is 1. The number of nitrogens with zero attached hydrogens (tertiary/aromatic N) is 2. The van der Waals surface area contributed by atoms with Gasteiger partial charge in [0.25, 0.3) is 5.69 Å². The van der Waals surface area contributed by atoms with Gasteiger partial charge in [-0.05, 0) is 31.9 Å². The second-order valence-corrected chi connectivity index (χ2v) is 5.09. The van der Waals surface area contributed by atoms with E-state index in [4.69, 9.17) is 0 Å². The van der Waals surface area contributed by atoms with Crippen molar-refractivity contribution < 1.29 is 4.92 Å². The summed E-state index contributed by atoms with van der Waals surface area (Å²) < 4.78 is 0. The molecule has 2 atom stereocenters. The van der Waals surface area contributed by atoms with Crippen molar-refractivity contribution in [1.29, 1.82) is 0 Å². The van der Waals surface area contributed by atoms with E-state index in [0.717, 1.165) is 18.7 Å². The molecule has 2 saturated heterocycles. The molecule has 0 spiro atoms. The van der Waals surface area contributed by atoms with Gasteiger partial charge in [0.2, 0.25) is 0 Å². The Bertz CT molecular complexity index is 463. The third kappa shape index (κ3) is 2.06. The molecule has 1 aromatic carbocycles. The normalized spacial score (nSPS) is 27.1. The first kappa shape index (κ1) is 11.5. The van der Waals surface area contributed by atoms with Crippen LogP contribution in [0.3, 0.4) is 0 Å². The van der Waals surface area contributed by atoms with E-state index in [1.165, 1.54) is 25.5 Å². The molecule has 0 aliphatic carbocycles. The Morgan fingerprint density at radius 2 is 2.22 bits per heavy atom.